The predicted molar refractivity (Wildman–Crippen MR) is 96.7 cm³/mol. The van der Waals surface area contributed by atoms with Gasteiger partial charge in [-0.05, 0) is 37.0 Å². The second-order valence-corrected chi connectivity index (χ2v) is 8.09. The van der Waals surface area contributed by atoms with E-state index in [0.29, 0.717) is 18.0 Å². The van der Waals surface area contributed by atoms with E-state index in [-0.39, 0.29) is 6.03 Å². The van der Waals surface area contributed by atoms with E-state index in [4.69, 9.17) is 0 Å². The van der Waals surface area contributed by atoms with Crippen LogP contribution >= 0.6 is 0 Å². The highest BCUT2D eigenvalue weighted by molar-refractivity contribution is 5.74. The highest BCUT2D eigenvalue weighted by Gasteiger charge is 2.28. The van der Waals surface area contributed by atoms with Crippen molar-refractivity contribution >= 4 is 6.03 Å². The zero-order valence-electron chi connectivity index (χ0n) is 15.6. The standard InChI is InChI=1S/C19H32N4O/c1-19(2,3)15-6-5-7-16(9-8-15)22-18(24)23(4)13-10-17-14-20-11-12-21-17/h11-12,14-16H,5-10,13H2,1-4H3,(H,22,24). The summed E-state index contributed by atoms with van der Waals surface area (Å²) in [6.07, 6.45) is 11.7. The van der Waals surface area contributed by atoms with Crippen LogP contribution in [0.4, 0.5) is 4.79 Å². The highest BCUT2D eigenvalue weighted by Crippen LogP contribution is 2.36. The molecule has 24 heavy (non-hydrogen) atoms. The first kappa shape index (κ1) is 18.7. The molecule has 0 radical (unpaired) electrons. The van der Waals surface area contributed by atoms with Crippen molar-refractivity contribution in [1.82, 2.24) is 20.2 Å². The molecule has 0 spiro atoms. The number of rotatable bonds is 4. The third kappa shape index (κ3) is 5.77. The minimum atomic E-state index is 0.0260. The Bertz CT molecular complexity index is 512. The number of nitrogens with zero attached hydrogens (tertiary/aromatic N) is 3. The van der Waals surface area contributed by atoms with Gasteiger partial charge in [0.15, 0.2) is 0 Å². The predicted octanol–water partition coefficient (Wildman–Crippen LogP) is 3.66. The van der Waals surface area contributed by atoms with Crippen molar-refractivity contribution in [3.05, 3.63) is 24.3 Å². The summed E-state index contributed by atoms with van der Waals surface area (Å²) in [5.41, 5.74) is 1.28. The summed E-state index contributed by atoms with van der Waals surface area (Å²) >= 11 is 0. The van der Waals surface area contributed by atoms with E-state index in [1.54, 1.807) is 23.5 Å². The topological polar surface area (TPSA) is 58.1 Å². The van der Waals surface area contributed by atoms with Crippen molar-refractivity contribution < 1.29 is 4.79 Å². The van der Waals surface area contributed by atoms with Crippen molar-refractivity contribution in [3.8, 4) is 0 Å². The lowest BCUT2D eigenvalue weighted by atomic mass is 9.76. The summed E-state index contributed by atoms with van der Waals surface area (Å²) < 4.78 is 0. The molecule has 2 amide bonds. The van der Waals surface area contributed by atoms with E-state index in [1.165, 1.54) is 19.3 Å². The minimum absolute atomic E-state index is 0.0260. The van der Waals surface area contributed by atoms with Gasteiger partial charge in [-0.1, -0.05) is 27.2 Å². The number of carbonyl (C=O) groups is 1. The lowest BCUT2D eigenvalue weighted by Gasteiger charge is -2.29. The molecule has 0 saturated heterocycles. The van der Waals surface area contributed by atoms with E-state index in [0.717, 1.165) is 30.9 Å². The molecule has 2 rings (SSSR count). The summed E-state index contributed by atoms with van der Waals surface area (Å²) in [5, 5.41) is 3.22. The van der Waals surface area contributed by atoms with Gasteiger partial charge in [-0.25, -0.2) is 4.79 Å². The van der Waals surface area contributed by atoms with E-state index in [2.05, 4.69) is 36.1 Å². The molecule has 1 aromatic rings. The van der Waals surface area contributed by atoms with E-state index < -0.39 is 0 Å². The van der Waals surface area contributed by atoms with Crippen LogP contribution in [0.1, 0.15) is 58.6 Å². The average Bonchev–Trinajstić information content (AvgIpc) is 2.79. The fraction of sp³-hybridized carbons (Fsp3) is 0.737. The zero-order valence-corrected chi connectivity index (χ0v) is 15.6. The number of carbonyl (C=O) groups excluding carboxylic acids is 1. The van der Waals surface area contributed by atoms with Crippen LogP contribution in [-0.4, -0.2) is 40.5 Å². The van der Waals surface area contributed by atoms with E-state index in [9.17, 15) is 4.79 Å². The molecule has 5 nitrogen and oxygen atoms in total. The molecule has 2 atom stereocenters. The molecule has 5 heteroatoms. The summed E-state index contributed by atoms with van der Waals surface area (Å²) in [5.74, 6) is 0.758. The Morgan fingerprint density at radius 1 is 1.25 bits per heavy atom. The second-order valence-electron chi connectivity index (χ2n) is 8.09. The van der Waals surface area contributed by atoms with Crippen LogP contribution in [0.25, 0.3) is 0 Å². The fourth-order valence-electron chi connectivity index (χ4n) is 3.44. The maximum atomic E-state index is 12.4. The molecule has 2 unspecified atom stereocenters. The smallest absolute Gasteiger partial charge is 0.317 e. The number of hydrogen-bond donors (Lipinski definition) is 1. The molecule has 1 aromatic heterocycles. The van der Waals surface area contributed by atoms with Gasteiger partial charge in [0.25, 0.3) is 0 Å². The molecule has 1 aliphatic rings. The summed E-state index contributed by atoms with van der Waals surface area (Å²) in [4.78, 5) is 22.5. The van der Waals surface area contributed by atoms with Crippen LogP contribution < -0.4 is 5.32 Å². The van der Waals surface area contributed by atoms with Crippen LogP contribution in [0.2, 0.25) is 0 Å². The number of hydrogen-bond acceptors (Lipinski definition) is 3. The molecule has 0 aromatic carbocycles. The van der Waals surface area contributed by atoms with Crippen molar-refractivity contribution in [2.24, 2.45) is 11.3 Å². The van der Waals surface area contributed by atoms with Gasteiger partial charge in [-0.2, -0.15) is 0 Å². The molecule has 1 saturated carbocycles. The van der Waals surface area contributed by atoms with Gasteiger partial charge < -0.3 is 10.2 Å². The van der Waals surface area contributed by atoms with Gasteiger partial charge in [-0.3, -0.25) is 9.97 Å². The first-order valence-corrected chi connectivity index (χ1v) is 9.13. The zero-order chi connectivity index (χ0) is 17.6. The van der Waals surface area contributed by atoms with Crippen LogP contribution in [0.3, 0.4) is 0 Å². The van der Waals surface area contributed by atoms with E-state index in [1.807, 2.05) is 7.05 Å². The van der Waals surface area contributed by atoms with E-state index >= 15 is 0 Å². The van der Waals surface area contributed by atoms with Crippen molar-refractivity contribution in [2.75, 3.05) is 13.6 Å². The van der Waals surface area contributed by atoms with Crippen molar-refractivity contribution in [2.45, 2.75) is 65.3 Å². The Kier molecular flexibility index (Phi) is 6.58. The first-order chi connectivity index (χ1) is 11.4. The number of aromatic nitrogens is 2. The molecule has 1 heterocycles. The average molecular weight is 332 g/mol. The SMILES string of the molecule is CN(CCc1cnccn1)C(=O)NC1CCCC(C(C)(C)C)CC1. The number of urea groups is 1. The Balaban J connectivity index is 1.77. The molecule has 0 aliphatic heterocycles. The van der Waals surface area contributed by atoms with Crippen LogP contribution in [-0.2, 0) is 6.42 Å². The maximum Gasteiger partial charge on any atom is 0.317 e. The monoisotopic (exact) mass is 332 g/mol. The fourth-order valence-corrected chi connectivity index (χ4v) is 3.44. The van der Waals surface area contributed by atoms with Gasteiger partial charge in [-0.15, -0.1) is 0 Å². The summed E-state index contributed by atoms with van der Waals surface area (Å²) in [6, 6.07) is 0.335. The second kappa shape index (κ2) is 8.45. The molecular formula is C19H32N4O. The van der Waals surface area contributed by atoms with Gasteiger partial charge in [0.1, 0.15) is 0 Å². The lowest BCUT2D eigenvalue weighted by molar-refractivity contribution is 0.200. The summed E-state index contributed by atoms with van der Waals surface area (Å²) in [7, 11) is 1.85. The largest absolute Gasteiger partial charge is 0.335 e. The Hall–Kier alpha value is -1.65. The third-order valence-electron chi connectivity index (χ3n) is 5.19. The normalized spacial score (nSPS) is 21.8. The molecule has 1 aliphatic carbocycles. The Morgan fingerprint density at radius 3 is 2.71 bits per heavy atom. The van der Waals surface area contributed by atoms with Gasteiger partial charge >= 0.3 is 6.03 Å². The van der Waals surface area contributed by atoms with Gasteiger partial charge in [0.05, 0.1) is 5.69 Å². The maximum absolute atomic E-state index is 12.4. The number of likely N-dealkylation sites (N-methyl/N-ethyl adjacent to an activating group) is 1. The molecule has 1 N–H and O–H groups in total. The van der Waals surface area contributed by atoms with Crippen molar-refractivity contribution in [1.29, 1.82) is 0 Å². The highest BCUT2D eigenvalue weighted by atomic mass is 16.2. The summed E-state index contributed by atoms with van der Waals surface area (Å²) in [6.45, 7) is 7.65. The minimum Gasteiger partial charge on any atom is -0.335 e. The van der Waals surface area contributed by atoms with Gasteiger partial charge in [0.2, 0.25) is 0 Å². The van der Waals surface area contributed by atoms with Crippen molar-refractivity contribution in [3.63, 3.8) is 0 Å². The van der Waals surface area contributed by atoms with Gasteiger partial charge in [0, 0.05) is 44.6 Å². The molecule has 134 valence electrons. The van der Waals surface area contributed by atoms with Crippen LogP contribution in [0, 0.1) is 11.3 Å². The first-order valence-electron chi connectivity index (χ1n) is 9.13. The molecule has 0 bridgehead atoms. The number of nitrogens with one attached hydrogen (secondary N) is 1. The van der Waals surface area contributed by atoms with Crippen LogP contribution in [0.5, 0.6) is 0 Å². The molecule has 1 fully saturated rings. The Morgan fingerprint density at radius 2 is 2.04 bits per heavy atom. The lowest BCUT2D eigenvalue weighted by Crippen LogP contribution is -2.43. The quantitative estimate of drug-likeness (QED) is 0.856. The number of amides is 2. The van der Waals surface area contributed by atoms with Crippen LogP contribution in [0.15, 0.2) is 18.6 Å². The Labute approximate surface area is 146 Å². The third-order valence-corrected chi connectivity index (χ3v) is 5.19. The molecular weight excluding hydrogens is 300 g/mol.